The number of hydrogen-bond donors (Lipinski definition) is 2. The van der Waals surface area contributed by atoms with E-state index in [9.17, 15) is 9.59 Å². The average molecular weight is 305 g/mol. The van der Waals surface area contributed by atoms with Crippen molar-refractivity contribution in [3.05, 3.63) is 34.8 Å². The smallest absolute Gasteiger partial charge is 0.408 e. The van der Waals surface area contributed by atoms with Gasteiger partial charge in [0.2, 0.25) is 5.91 Å². The third-order valence-corrected chi connectivity index (χ3v) is 4.04. The highest BCUT2D eigenvalue weighted by Gasteiger charge is 2.18. The van der Waals surface area contributed by atoms with Crippen molar-refractivity contribution in [2.75, 3.05) is 33.2 Å². The summed E-state index contributed by atoms with van der Waals surface area (Å²) >= 11 is 0. The number of likely N-dealkylation sites (N-methyl/N-ethyl adjacent to an activating group) is 1. The van der Waals surface area contributed by atoms with E-state index < -0.39 is 5.76 Å². The fraction of sp³-hybridized carbons (Fsp3) is 0.467. The number of amides is 1. The average Bonchev–Trinajstić information content (AvgIpc) is 2.83. The van der Waals surface area contributed by atoms with Crippen LogP contribution >= 0.6 is 0 Å². The topological polar surface area (TPSA) is 71.9 Å². The van der Waals surface area contributed by atoms with Crippen molar-refractivity contribution < 1.29 is 14.1 Å². The van der Waals surface area contributed by atoms with E-state index in [1.807, 2.05) is 23.2 Å². The van der Waals surface area contributed by atoms with Crippen molar-refractivity contribution >= 4 is 17.0 Å². The summed E-state index contributed by atoms with van der Waals surface area (Å²) in [6.07, 6.45) is 0.253. The Kier molecular flexibility index (Phi) is 4.26. The van der Waals surface area contributed by atoms with Crippen molar-refractivity contribution in [1.82, 2.24) is 15.0 Å². The predicted octanol–water partition coefficient (Wildman–Crippen LogP) is -1.15. The number of piperazine rings is 1. The Morgan fingerprint density at radius 2 is 2.05 bits per heavy atom. The Balaban J connectivity index is 1.58. The first-order chi connectivity index (χ1) is 10.6. The molecule has 3 rings (SSSR count). The minimum absolute atomic E-state index is 0.0725. The van der Waals surface area contributed by atoms with Crippen molar-refractivity contribution in [3.63, 3.8) is 0 Å². The lowest BCUT2D eigenvalue weighted by Crippen LogP contribution is -3.12. The van der Waals surface area contributed by atoms with E-state index in [0.717, 1.165) is 31.7 Å². The van der Waals surface area contributed by atoms with Crippen LogP contribution in [0.4, 0.5) is 0 Å². The van der Waals surface area contributed by atoms with Gasteiger partial charge in [-0.2, -0.15) is 0 Å². The highest BCUT2D eigenvalue weighted by Crippen LogP contribution is 2.11. The van der Waals surface area contributed by atoms with Crippen LogP contribution < -0.4 is 16.1 Å². The molecule has 0 unspecified atom stereocenters. The summed E-state index contributed by atoms with van der Waals surface area (Å²) in [5.41, 5.74) is 4.18. The van der Waals surface area contributed by atoms with E-state index >= 15 is 0 Å². The van der Waals surface area contributed by atoms with Crippen molar-refractivity contribution in [2.45, 2.75) is 13.0 Å². The summed E-state index contributed by atoms with van der Waals surface area (Å²) in [4.78, 5) is 25.3. The number of rotatable bonds is 4. The second-order valence-electron chi connectivity index (χ2n) is 5.72. The van der Waals surface area contributed by atoms with Crippen LogP contribution in [0.1, 0.15) is 6.42 Å². The van der Waals surface area contributed by atoms with Gasteiger partial charge in [-0.15, -0.1) is 0 Å². The molecule has 0 atom stereocenters. The zero-order chi connectivity index (χ0) is 15.5. The standard InChI is InChI=1S/C15H20N4O3/c1-17-8-10-18(11-9-17)16-14(20)6-7-19-12-4-2-3-5-13(12)22-15(19)21/h2-5H,6-11H2,1H3,(H,16,20)/p+1. The molecule has 2 aromatic rings. The van der Waals surface area contributed by atoms with E-state index in [0.29, 0.717) is 12.1 Å². The van der Waals surface area contributed by atoms with Gasteiger partial charge in [-0.25, -0.2) is 9.80 Å². The molecule has 7 nitrogen and oxygen atoms in total. The van der Waals surface area contributed by atoms with E-state index in [-0.39, 0.29) is 12.3 Å². The van der Waals surface area contributed by atoms with Gasteiger partial charge in [0.05, 0.1) is 38.7 Å². The summed E-state index contributed by atoms with van der Waals surface area (Å²) in [6.45, 7) is 4.07. The lowest BCUT2D eigenvalue weighted by atomic mass is 10.3. The molecule has 1 aromatic heterocycles. The van der Waals surface area contributed by atoms with Crippen LogP contribution in [0.15, 0.2) is 33.5 Å². The molecule has 1 amide bonds. The number of fused-ring (bicyclic) bond motifs is 1. The molecule has 22 heavy (non-hydrogen) atoms. The molecule has 1 aromatic carbocycles. The van der Waals surface area contributed by atoms with Crippen LogP contribution in [0.25, 0.3) is 11.1 Å². The van der Waals surface area contributed by atoms with Crippen molar-refractivity contribution in [2.24, 2.45) is 0 Å². The number of hydrazine groups is 1. The number of para-hydroxylation sites is 2. The highest BCUT2D eigenvalue weighted by molar-refractivity contribution is 5.76. The van der Waals surface area contributed by atoms with Gasteiger partial charge in [0.25, 0.3) is 0 Å². The lowest BCUT2D eigenvalue weighted by molar-refractivity contribution is -0.884. The van der Waals surface area contributed by atoms with Gasteiger partial charge >= 0.3 is 5.76 Å². The van der Waals surface area contributed by atoms with Crippen molar-refractivity contribution in [3.8, 4) is 0 Å². The molecule has 2 N–H and O–H groups in total. The van der Waals surface area contributed by atoms with Gasteiger partial charge in [-0.1, -0.05) is 12.1 Å². The maximum Gasteiger partial charge on any atom is 0.419 e. The minimum Gasteiger partial charge on any atom is -0.408 e. The predicted molar refractivity (Wildman–Crippen MR) is 81.4 cm³/mol. The largest absolute Gasteiger partial charge is 0.419 e. The number of aryl methyl sites for hydroxylation is 1. The van der Waals surface area contributed by atoms with Gasteiger partial charge in [0, 0.05) is 13.0 Å². The first-order valence-electron chi connectivity index (χ1n) is 7.57. The number of nitrogens with one attached hydrogen (secondary N) is 2. The molecule has 0 aliphatic carbocycles. The first kappa shape index (κ1) is 14.8. The lowest BCUT2D eigenvalue weighted by Gasteiger charge is -2.30. The van der Waals surface area contributed by atoms with Crippen LogP contribution in [-0.4, -0.2) is 48.7 Å². The zero-order valence-corrected chi connectivity index (χ0v) is 12.7. The first-order valence-corrected chi connectivity index (χ1v) is 7.57. The molecule has 118 valence electrons. The van der Waals surface area contributed by atoms with E-state index in [1.54, 1.807) is 6.07 Å². The molecule has 0 spiro atoms. The monoisotopic (exact) mass is 305 g/mol. The Labute approximate surface area is 128 Å². The van der Waals surface area contributed by atoms with Crippen molar-refractivity contribution in [1.29, 1.82) is 0 Å². The molecule has 2 heterocycles. The van der Waals surface area contributed by atoms with Gasteiger partial charge in [0.15, 0.2) is 5.58 Å². The molecule has 0 radical (unpaired) electrons. The Morgan fingerprint density at radius 1 is 1.32 bits per heavy atom. The Bertz CT molecular complexity index is 713. The molecular formula is C15H21N4O3+. The fourth-order valence-electron chi connectivity index (χ4n) is 2.67. The molecular weight excluding hydrogens is 284 g/mol. The second-order valence-corrected chi connectivity index (χ2v) is 5.72. The number of nitrogens with zero attached hydrogens (tertiary/aromatic N) is 2. The summed E-state index contributed by atoms with van der Waals surface area (Å²) in [5, 5.41) is 1.95. The van der Waals surface area contributed by atoms with Gasteiger partial charge in [-0.3, -0.25) is 14.8 Å². The number of benzene rings is 1. The van der Waals surface area contributed by atoms with E-state index in [1.165, 1.54) is 9.47 Å². The van der Waals surface area contributed by atoms with Crippen LogP contribution in [0.3, 0.4) is 0 Å². The maximum atomic E-state index is 12.0. The summed E-state index contributed by atoms with van der Waals surface area (Å²) < 4.78 is 6.66. The van der Waals surface area contributed by atoms with Gasteiger partial charge < -0.3 is 9.32 Å². The van der Waals surface area contributed by atoms with E-state index in [2.05, 4.69) is 12.5 Å². The summed E-state index contributed by atoms with van der Waals surface area (Å²) in [6, 6.07) is 7.24. The zero-order valence-electron chi connectivity index (χ0n) is 12.7. The molecule has 0 saturated carbocycles. The number of oxazole rings is 1. The normalized spacial score (nSPS) is 17.0. The summed E-state index contributed by atoms with van der Waals surface area (Å²) in [7, 11) is 2.15. The number of carbonyl (C=O) groups is 1. The third-order valence-electron chi connectivity index (χ3n) is 4.04. The molecule has 0 bridgehead atoms. The van der Waals surface area contributed by atoms with E-state index in [4.69, 9.17) is 4.42 Å². The molecule has 1 fully saturated rings. The van der Waals surface area contributed by atoms with Crippen LogP contribution in [0, 0.1) is 0 Å². The number of carbonyl (C=O) groups excluding carboxylic acids is 1. The molecule has 1 saturated heterocycles. The van der Waals surface area contributed by atoms with Gasteiger partial charge in [0.1, 0.15) is 0 Å². The van der Waals surface area contributed by atoms with Crippen LogP contribution in [0.2, 0.25) is 0 Å². The second kappa shape index (κ2) is 6.33. The number of hydrogen-bond acceptors (Lipinski definition) is 4. The third kappa shape index (κ3) is 3.20. The van der Waals surface area contributed by atoms with Gasteiger partial charge in [-0.05, 0) is 12.1 Å². The van der Waals surface area contributed by atoms with Crippen LogP contribution in [0.5, 0.6) is 0 Å². The molecule has 7 heteroatoms. The quantitative estimate of drug-likeness (QED) is 0.748. The highest BCUT2D eigenvalue weighted by atomic mass is 16.4. The number of aromatic nitrogens is 1. The van der Waals surface area contributed by atoms with Crippen LogP contribution in [-0.2, 0) is 11.3 Å². The summed E-state index contributed by atoms with van der Waals surface area (Å²) in [5.74, 6) is -0.492. The number of quaternary nitrogens is 1. The Hall–Kier alpha value is -2.12. The minimum atomic E-state index is -0.419. The molecule has 1 aliphatic heterocycles. The molecule has 1 aliphatic rings. The SMILES string of the molecule is C[NH+]1CCN(NC(=O)CCn2c(=O)oc3ccccc32)CC1. The fourth-order valence-corrected chi connectivity index (χ4v) is 2.67. The Morgan fingerprint density at radius 3 is 2.82 bits per heavy atom. The maximum absolute atomic E-state index is 12.0.